The van der Waals surface area contributed by atoms with Crippen molar-refractivity contribution in [3.05, 3.63) is 59.7 Å². The fourth-order valence-corrected chi connectivity index (χ4v) is 3.19. The number of hydrogen-bond donors (Lipinski definition) is 1. The average molecular weight is 304 g/mol. The molecule has 0 radical (unpaired) electrons. The second-order valence-corrected chi connectivity index (χ2v) is 6.52. The molecule has 106 valence electrons. The van der Waals surface area contributed by atoms with Crippen molar-refractivity contribution in [2.24, 2.45) is 0 Å². The molecule has 3 heteroatoms. The topological polar surface area (TPSA) is 20.2 Å². The van der Waals surface area contributed by atoms with E-state index >= 15 is 0 Å². The summed E-state index contributed by atoms with van der Waals surface area (Å²) in [5, 5.41) is 10.2. The van der Waals surface area contributed by atoms with E-state index in [2.05, 4.69) is 61.0 Å². The third kappa shape index (κ3) is 3.60. The van der Waals surface area contributed by atoms with Crippen molar-refractivity contribution in [3.8, 4) is 0 Å². The van der Waals surface area contributed by atoms with Crippen LogP contribution < -0.4 is 0 Å². The molecule has 0 heterocycles. The molecule has 0 saturated heterocycles. The zero-order valence-corrected chi connectivity index (χ0v) is 13.7. The van der Waals surface area contributed by atoms with E-state index in [1.54, 1.807) is 23.5 Å². The van der Waals surface area contributed by atoms with Gasteiger partial charge in [0.25, 0.3) is 0 Å². The van der Waals surface area contributed by atoms with Gasteiger partial charge in [-0.05, 0) is 54.8 Å². The first-order chi connectivity index (χ1) is 9.65. The summed E-state index contributed by atoms with van der Waals surface area (Å²) in [6, 6.07) is 16.9. The third-order valence-corrected chi connectivity index (χ3v) is 4.92. The first kappa shape index (κ1) is 15.5. The van der Waals surface area contributed by atoms with Crippen molar-refractivity contribution in [3.63, 3.8) is 0 Å². The maximum absolute atomic E-state index is 10.2. The van der Waals surface area contributed by atoms with Crippen LogP contribution >= 0.6 is 23.5 Å². The van der Waals surface area contributed by atoms with E-state index in [1.807, 2.05) is 6.92 Å². The Morgan fingerprint density at radius 3 is 1.35 bits per heavy atom. The Labute approximate surface area is 129 Å². The molecule has 0 aliphatic heterocycles. The minimum Gasteiger partial charge on any atom is -0.392 e. The zero-order valence-electron chi connectivity index (χ0n) is 12.0. The summed E-state index contributed by atoms with van der Waals surface area (Å²) >= 11 is 3.47. The van der Waals surface area contributed by atoms with Crippen molar-refractivity contribution >= 4 is 23.5 Å². The normalized spacial score (nSPS) is 12.7. The number of thioether (sulfide) groups is 2. The van der Waals surface area contributed by atoms with Crippen LogP contribution in [0.4, 0.5) is 0 Å². The smallest absolute Gasteiger partial charge is 0.0621 e. The quantitative estimate of drug-likeness (QED) is 0.812. The van der Waals surface area contributed by atoms with Gasteiger partial charge in [-0.2, -0.15) is 0 Å². The largest absolute Gasteiger partial charge is 0.392 e. The highest BCUT2D eigenvalue weighted by Crippen LogP contribution is 2.30. The molecule has 0 aromatic heterocycles. The Morgan fingerprint density at radius 2 is 1.10 bits per heavy atom. The first-order valence-electron chi connectivity index (χ1n) is 6.61. The molecule has 0 spiro atoms. The van der Waals surface area contributed by atoms with Gasteiger partial charge in [0.2, 0.25) is 0 Å². The Balaban J connectivity index is 2.33. The summed E-state index contributed by atoms with van der Waals surface area (Å²) in [7, 11) is 0. The molecule has 0 aliphatic carbocycles. The second-order valence-electron chi connectivity index (χ2n) is 4.76. The number of hydrogen-bond acceptors (Lipinski definition) is 3. The van der Waals surface area contributed by atoms with E-state index in [1.165, 1.54) is 9.79 Å². The summed E-state index contributed by atoms with van der Waals surface area (Å²) < 4.78 is 0. The number of aliphatic hydroxyl groups is 1. The maximum atomic E-state index is 10.2. The molecule has 2 aromatic carbocycles. The number of benzene rings is 2. The van der Waals surface area contributed by atoms with E-state index in [-0.39, 0.29) is 5.92 Å². The molecule has 1 N–H and O–H groups in total. The molecule has 0 bridgehead atoms. The Hall–Kier alpha value is -0.900. The molecule has 2 rings (SSSR count). The van der Waals surface area contributed by atoms with Gasteiger partial charge in [0.05, 0.1) is 6.10 Å². The van der Waals surface area contributed by atoms with Gasteiger partial charge in [-0.3, -0.25) is 0 Å². The van der Waals surface area contributed by atoms with Crippen molar-refractivity contribution < 1.29 is 5.11 Å². The van der Waals surface area contributed by atoms with E-state index in [9.17, 15) is 5.11 Å². The van der Waals surface area contributed by atoms with Gasteiger partial charge >= 0.3 is 0 Å². The van der Waals surface area contributed by atoms with Crippen molar-refractivity contribution in [2.75, 3.05) is 12.5 Å². The molecule has 0 amide bonds. The van der Waals surface area contributed by atoms with Gasteiger partial charge < -0.3 is 5.11 Å². The van der Waals surface area contributed by atoms with Crippen LogP contribution in [0.5, 0.6) is 0 Å². The molecule has 1 atom stereocenters. The lowest BCUT2D eigenvalue weighted by molar-refractivity contribution is 0.176. The maximum Gasteiger partial charge on any atom is 0.0621 e. The highest BCUT2D eigenvalue weighted by atomic mass is 32.2. The molecule has 0 saturated carbocycles. The van der Waals surface area contributed by atoms with E-state index in [4.69, 9.17) is 0 Å². The first-order valence-corrected chi connectivity index (χ1v) is 9.06. The van der Waals surface area contributed by atoms with Crippen molar-refractivity contribution in [1.82, 2.24) is 0 Å². The molecule has 20 heavy (non-hydrogen) atoms. The summed E-state index contributed by atoms with van der Waals surface area (Å²) in [6.45, 7) is 1.86. The lowest BCUT2D eigenvalue weighted by atomic mass is 9.87. The lowest BCUT2D eigenvalue weighted by Crippen LogP contribution is -2.16. The van der Waals surface area contributed by atoms with Gasteiger partial charge in [-0.25, -0.2) is 0 Å². The zero-order chi connectivity index (χ0) is 14.5. The minimum atomic E-state index is -0.407. The summed E-state index contributed by atoms with van der Waals surface area (Å²) in [5.74, 6) is 0.0295. The molecule has 2 aromatic rings. The number of aliphatic hydroxyl groups excluding tert-OH is 1. The van der Waals surface area contributed by atoms with E-state index in [0.717, 1.165) is 11.1 Å². The summed E-state index contributed by atoms with van der Waals surface area (Å²) in [6.07, 6.45) is 3.74. The van der Waals surface area contributed by atoms with Gasteiger partial charge in [-0.15, -0.1) is 23.5 Å². The molecule has 1 nitrogen and oxygen atoms in total. The standard InChI is InChI=1S/C17H20OS2/c1-12(18)17(13-4-8-15(19-2)9-5-13)14-6-10-16(20-3)11-7-14/h4-12,17-18H,1-3H3. The lowest BCUT2D eigenvalue weighted by Gasteiger charge is -2.21. The van der Waals surface area contributed by atoms with Gasteiger partial charge in [-0.1, -0.05) is 24.3 Å². The molecule has 0 fully saturated rings. The highest BCUT2D eigenvalue weighted by Gasteiger charge is 2.19. The fraction of sp³-hybridized carbons (Fsp3) is 0.294. The second kappa shape index (κ2) is 7.21. The van der Waals surface area contributed by atoms with Gasteiger partial charge in [0.1, 0.15) is 0 Å². The van der Waals surface area contributed by atoms with Gasteiger partial charge in [0, 0.05) is 15.7 Å². The highest BCUT2D eigenvalue weighted by molar-refractivity contribution is 7.98. The fourth-order valence-electron chi connectivity index (χ4n) is 2.37. The van der Waals surface area contributed by atoms with Crippen LogP contribution in [0, 0.1) is 0 Å². The van der Waals surface area contributed by atoms with Gasteiger partial charge in [0.15, 0.2) is 0 Å². The third-order valence-electron chi connectivity index (χ3n) is 3.43. The Bertz CT molecular complexity index is 484. The predicted octanol–water partition coefficient (Wildman–Crippen LogP) is 4.64. The van der Waals surface area contributed by atoms with Crippen LogP contribution in [0.2, 0.25) is 0 Å². The van der Waals surface area contributed by atoms with E-state index < -0.39 is 6.10 Å². The summed E-state index contributed by atoms with van der Waals surface area (Å²) in [5.41, 5.74) is 2.32. The molecule has 0 aliphatic rings. The van der Waals surface area contributed by atoms with Crippen LogP contribution in [-0.4, -0.2) is 23.7 Å². The van der Waals surface area contributed by atoms with E-state index in [0.29, 0.717) is 0 Å². The Morgan fingerprint density at radius 1 is 0.750 bits per heavy atom. The Kier molecular flexibility index (Phi) is 5.58. The van der Waals surface area contributed by atoms with Crippen LogP contribution in [0.1, 0.15) is 24.0 Å². The molecule has 1 unspecified atom stereocenters. The number of rotatable bonds is 5. The average Bonchev–Trinajstić information content (AvgIpc) is 2.48. The van der Waals surface area contributed by atoms with Crippen LogP contribution in [0.15, 0.2) is 58.3 Å². The molecular formula is C17H20OS2. The minimum absolute atomic E-state index is 0.0295. The monoisotopic (exact) mass is 304 g/mol. The van der Waals surface area contributed by atoms with Crippen LogP contribution in [-0.2, 0) is 0 Å². The molecular weight excluding hydrogens is 284 g/mol. The van der Waals surface area contributed by atoms with Crippen LogP contribution in [0.3, 0.4) is 0 Å². The van der Waals surface area contributed by atoms with Crippen LogP contribution in [0.25, 0.3) is 0 Å². The predicted molar refractivity (Wildman–Crippen MR) is 90.0 cm³/mol. The summed E-state index contributed by atoms with van der Waals surface area (Å²) in [4.78, 5) is 2.49. The van der Waals surface area contributed by atoms with Crippen molar-refractivity contribution in [1.29, 1.82) is 0 Å². The van der Waals surface area contributed by atoms with Crippen molar-refractivity contribution in [2.45, 2.75) is 28.7 Å². The SMILES string of the molecule is CSc1ccc(C(c2ccc(SC)cc2)C(C)O)cc1.